The molecular formula is C13H9NO5. The summed E-state index contributed by atoms with van der Waals surface area (Å²) in [5, 5.41) is 19.2. The Hall–Kier alpha value is -2.76. The van der Waals surface area contributed by atoms with E-state index in [1.54, 1.807) is 25.1 Å². The van der Waals surface area contributed by atoms with E-state index in [1.165, 1.54) is 0 Å². The second-order valence-corrected chi connectivity index (χ2v) is 4.05. The van der Waals surface area contributed by atoms with Gasteiger partial charge >= 0.3 is 5.97 Å². The third kappa shape index (κ3) is 1.65. The topological polar surface area (TPSA) is 96.7 Å². The molecule has 0 aliphatic heterocycles. The third-order valence-electron chi connectivity index (χ3n) is 2.85. The largest absolute Gasteiger partial charge is 0.507 e. The van der Waals surface area contributed by atoms with E-state index in [4.69, 9.17) is 13.9 Å². The van der Waals surface area contributed by atoms with Gasteiger partial charge in [-0.05, 0) is 19.1 Å². The highest BCUT2D eigenvalue weighted by Crippen LogP contribution is 2.36. The molecule has 0 radical (unpaired) electrons. The number of furan rings is 1. The Morgan fingerprint density at radius 3 is 2.79 bits per heavy atom. The molecule has 0 spiro atoms. The number of carboxylic acid groups (broad SMARTS) is 1. The number of carbonyl (C=O) groups is 1. The van der Waals surface area contributed by atoms with Crippen LogP contribution >= 0.6 is 0 Å². The fourth-order valence-corrected chi connectivity index (χ4v) is 1.96. The fraction of sp³-hybridized carbons (Fsp3) is 0.0769. The highest BCUT2D eigenvalue weighted by Gasteiger charge is 2.20. The number of rotatable bonds is 2. The van der Waals surface area contributed by atoms with Crippen molar-refractivity contribution >= 4 is 16.9 Å². The smallest absolute Gasteiger partial charge is 0.357 e. The van der Waals surface area contributed by atoms with Crippen molar-refractivity contribution < 1.29 is 23.8 Å². The number of phenolic OH excluding ortho intramolecular Hbond substituents is 1. The Kier molecular flexibility index (Phi) is 2.31. The minimum atomic E-state index is -1.17. The standard InChI is InChI=1S/C13H9NO5/c1-6-10-8(15)3-2-4-9(10)19-11(6)12-14-7(5-18-12)13(16)17/h2-5,15H,1H3,(H,16,17). The molecule has 2 aromatic heterocycles. The average Bonchev–Trinajstić information content (AvgIpc) is 2.95. The van der Waals surface area contributed by atoms with Gasteiger partial charge in [-0.3, -0.25) is 0 Å². The van der Waals surface area contributed by atoms with E-state index >= 15 is 0 Å². The Bertz CT molecular complexity index is 784. The lowest BCUT2D eigenvalue weighted by Crippen LogP contribution is -1.95. The fourth-order valence-electron chi connectivity index (χ4n) is 1.96. The monoisotopic (exact) mass is 259 g/mol. The van der Waals surface area contributed by atoms with Crippen LogP contribution in [0.1, 0.15) is 16.1 Å². The van der Waals surface area contributed by atoms with E-state index in [2.05, 4.69) is 4.98 Å². The molecule has 0 atom stereocenters. The summed E-state index contributed by atoms with van der Waals surface area (Å²) in [5.41, 5.74) is 0.938. The number of hydrogen-bond acceptors (Lipinski definition) is 5. The number of aryl methyl sites for hydroxylation is 1. The number of hydrogen-bond donors (Lipinski definition) is 2. The number of aromatic carboxylic acids is 1. The summed E-state index contributed by atoms with van der Waals surface area (Å²) >= 11 is 0. The Morgan fingerprint density at radius 1 is 1.37 bits per heavy atom. The lowest BCUT2D eigenvalue weighted by Gasteiger charge is -1.93. The van der Waals surface area contributed by atoms with Gasteiger partial charge < -0.3 is 19.0 Å². The molecule has 3 aromatic rings. The maximum absolute atomic E-state index is 10.8. The van der Waals surface area contributed by atoms with Crippen molar-refractivity contribution in [2.75, 3.05) is 0 Å². The van der Waals surface area contributed by atoms with Crippen molar-refractivity contribution in [3.8, 4) is 17.4 Å². The lowest BCUT2D eigenvalue weighted by molar-refractivity contribution is 0.0690. The summed E-state index contributed by atoms with van der Waals surface area (Å²) in [6.07, 6.45) is 1.05. The predicted molar refractivity (Wildman–Crippen MR) is 65.1 cm³/mol. The van der Waals surface area contributed by atoms with Crippen LogP contribution in [0, 0.1) is 6.92 Å². The number of carboxylic acids is 1. The predicted octanol–water partition coefficient (Wildman–Crippen LogP) is 2.80. The molecule has 6 heteroatoms. The second-order valence-electron chi connectivity index (χ2n) is 4.05. The zero-order chi connectivity index (χ0) is 13.6. The maximum Gasteiger partial charge on any atom is 0.357 e. The normalized spacial score (nSPS) is 11.0. The van der Waals surface area contributed by atoms with Crippen molar-refractivity contribution in [1.82, 2.24) is 4.98 Å². The molecule has 19 heavy (non-hydrogen) atoms. The number of oxazole rings is 1. The van der Waals surface area contributed by atoms with Gasteiger partial charge in [-0.2, -0.15) is 4.98 Å². The van der Waals surface area contributed by atoms with Gasteiger partial charge in [0.25, 0.3) is 5.89 Å². The zero-order valence-electron chi connectivity index (χ0n) is 9.88. The van der Waals surface area contributed by atoms with E-state index in [9.17, 15) is 9.90 Å². The van der Waals surface area contributed by atoms with Gasteiger partial charge in [0.05, 0.1) is 5.39 Å². The highest BCUT2D eigenvalue weighted by molar-refractivity contribution is 5.92. The molecule has 0 fully saturated rings. The molecule has 3 rings (SSSR count). The molecule has 0 aliphatic carbocycles. The second kappa shape index (κ2) is 3.88. The van der Waals surface area contributed by atoms with Crippen LogP contribution in [-0.4, -0.2) is 21.2 Å². The quantitative estimate of drug-likeness (QED) is 0.734. The molecule has 0 saturated heterocycles. The number of benzene rings is 1. The molecule has 0 bridgehead atoms. The number of nitrogens with zero attached hydrogens (tertiary/aromatic N) is 1. The van der Waals surface area contributed by atoms with E-state index in [1.807, 2.05) is 0 Å². The molecule has 0 amide bonds. The number of phenols is 1. The van der Waals surface area contributed by atoms with Gasteiger partial charge in [-0.25, -0.2) is 4.79 Å². The van der Waals surface area contributed by atoms with Gasteiger partial charge in [0, 0.05) is 5.56 Å². The van der Waals surface area contributed by atoms with Crippen molar-refractivity contribution in [3.05, 3.63) is 35.7 Å². The first-order valence-electron chi connectivity index (χ1n) is 5.48. The lowest BCUT2D eigenvalue weighted by atomic mass is 10.1. The van der Waals surface area contributed by atoms with Gasteiger partial charge in [0.15, 0.2) is 11.5 Å². The van der Waals surface area contributed by atoms with Crippen molar-refractivity contribution in [2.45, 2.75) is 6.92 Å². The van der Waals surface area contributed by atoms with Crippen LogP contribution in [0.5, 0.6) is 5.75 Å². The van der Waals surface area contributed by atoms with E-state index < -0.39 is 5.97 Å². The Morgan fingerprint density at radius 2 is 2.16 bits per heavy atom. The molecule has 2 heterocycles. The van der Waals surface area contributed by atoms with Gasteiger partial charge in [-0.1, -0.05) is 6.07 Å². The molecule has 0 unspecified atom stereocenters. The average molecular weight is 259 g/mol. The first-order chi connectivity index (χ1) is 9.08. The number of fused-ring (bicyclic) bond motifs is 1. The Labute approximate surface area is 106 Å². The van der Waals surface area contributed by atoms with E-state index in [0.29, 0.717) is 22.3 Å². The zero-order valence-corrected chi connectivity index (χ0v) is 9.88. The summed E-state index contributed by atoms with van der Waals surface area (Å²) in [6.45, 7) is 1.74. The number of aromatic nitrogens is 1. The molecule has 2 N–H and O–H groups in total. The molecule has 1 aromatic carbocycles. The van der Waals surface area contributed by atoms with Gasteiger partial charge in [-0.15, -0.1) is 0 Å². The summed E-state index contributed by atoms with van der Waals surface area (Å²) in [6, 6.07) is 4.90. The van der Waals surface area contributed by atoms with Crippen molar-refractivity contribution in [1.29, 1.82) is 0 Å². The molecular weight excluding hydrogens is 250 g/mol. The Balaban J connectivity index is 2.22. The van der Waals surface area contributed by atoms with Gasteiger partial charge in [0.2, 0.25) is 0 Å². The van der Waals surface area contributed by atoms with Crippen molar-refractivity contribution in [2.24, 2.45) is 0 Å². The molecule has 0 saturated carbocycles. The molecule has 0 aliphatic rings. The van der Waals surface area contributed by atoms with Crippen molar-refractivity contribution in [3.63, 3.8) is 0 Å². The van der Waals surface area contributed by atoms with Crippen LogP contribution in [-0.2, 0) is 0 Å². The minimum absolute atomic E-state index is 0.0745. The third-order valence-corrected chi connectivity index (χ3v) is 2.85. The SMILES string of the molecule is Cc1c(-c2nc(C(=O)O)co2)oc2cccc(O)c12. The van der Waals surface area contributed by atoms with E-state index in [-0.39, 0.29) is 17.3 Å². The van der Waals surface area contributed by atoms with E-state index in [0.717, 1.165) is 6.26 Å². The summed E-state index contributed by atoms with van der Waals surface area (Å²) in [5.74, 6) is -0.698. The van der Waals surface area contributed by atoms with Crippen LogP contribution in [0.15, 0.2) is 33.3 Å². The summed E-state index contributed by atoms with van der Waals surface area (Å²) in [7, 11) is 0. The van der Waals surface area contributed by atoms with Crippen LogP contribution in [0.25, 0.3) is 22.6 Å². The molecule has 96 valence electrons. The van der Waals surface area contributed by atoms with Crippen LogP contribution in [0.2, 0.25) is 0 Å². The summed E-state index contributed by atoms with van der Waals surface area (Å²) < 4.78 is 10.6. The van der Waals surface area contributed by atoms with Crippen LogP contribution < -0.4 is 0 Å². The first-order valence-corrected chi connectivity index (χ1v) is 5.48. The van der Waals surface area contributed by atoms with Crippen LogP contribution in [0.3, 0.4) is 0 Å². The minimum Gasteiger partial charge on any atom is -0.507 e. The summed E-state index contributed by atoms with van der Waals surface area (Å²) in [4.78, 5) is 14.6. The highest BCUT2D eigenvalue weighted by atomic mass is 16.4. The van der Waals surface area contributed by atoms with Gasteiger partial charge in [0.1, 0.15) is 17.6 Å². The molecule has 6 nitrogen and oxygen atoms in total. The van der Waals surface area contributed by atoms with Crippen LogP contribution in [0.4, 0.5) is 0 Å². The maximum atomic E-state index is 10.8. The number of aromatic hydroxyl groups is 1. The first kappa shape index (κ1) is 11.3.